The molecule has 0 spiro atoms. The lowest BCUT2D eigenvalue weighted by atomic mass is 10.0. The van der Waals surface area contributed by atoms with Gasteiger partial charge < -0.3 is 15.0 Å². The van der Waals surface area contributed by atoms with Crippen molar-refractivity contribution in [2.24, 2.45) is 5.92 Å². The summed E-state index contributed by atoms with van der Waals surface area (Å²) in [6.07, 6.45) is 1.30. The van der Waals surface area contributed by atoms with Crippen LogP contribution in [0, 0.1) is 5.92 Å². The van der Waals surface area contributed by atoms with Crippen LogP contribution >= 0.6 is 0 Å². The molecule has 4 rings (SSSR count). The van der Waals surface area contributed by atoms with E-state index in [1.165, 1.54) is 5.56 Å². The van der Waals surface area contributed by atoms with Crippen LogP contribution in [-0.4, -0.2) is 70.6 Å². The van der Waals surface area contributed by atoms with Gasteiger partial charge in [-0.25, -0.2) is 9.78 Å². The molecule has 1 aromatic carbocycles. The molecule has 2 aromatic rings. The Morgan fingerprint density at radius 2 is 1.82 bits per heavy atom. The fraction of sp³-hybridized carbons (Fsp3) is 0.520. The Hall–Kier alpha value is -3.20. The van der Waals surface area contributed by atoms with Gasteiger partial charge in [-0.05, 0) is 30.0 Å². The molecule has 0 bridgehead atoms. The smallest absolute Gasteiger partial charge is 0.415 e. The first-order valence-electron chi connectivity index (χ1n) is 11.9. The lowest BCUT2D eigenvalue weighted by Crippen LogP contribution is -2.47. The Morgan fingerprint density at radius 1 is 1.12 bits per heavy atom. The number of piperazine rings is 1. The second-order valence-electron chi connectivity index (χ2n) is 9.39. The van der Waals surface area contributed by atoms with E-state index in [0.717, 1.165) is 38.3 Å². The van der Waals surface area contributed by atoms with E-state index in [9.17, 15) is 9.59 Å². The topological polar surface area (TPSA) is 90.9 Å². The van der Waals surface area contributed by atoms with Crippen molar-refractivity contribution in [3.63, 3.8) is 0 Å². The average molecular weight is 467 g/mol. The fourth-order valence-electron chi connectivity index (χ4n) is 4.41. The van der Waals surface area contributed by atoms with Gasteiger partial charge in [0.25, 0.3) is 0 Å². The number of carbonyl (C=O) groups excluding carboxylic acids is 2. The molecule has 182 valence electrons. The minimum Gasteiger partial charge on any atom is -0.447 e. The first kappa shape index (κ1) is 23.9. The van der Waals surface area contributed by atoms with Gasteiger partial charge in [-0.15, -0.1) is 0 Å². The quantitative estimate of drug-likeness (QED) is 0.670. The highest BCUT2D eigenvalue weighted by Gasteiger charge is 2.37. The van der Waals surface area contributed by atoms with Crippen LogP contribution in [0.4, 0.5) is 16.6 Å². The van der Waals surface area contributed by atoms with Crippen LogP contribution in [0.25, 0.3) is 0 Å². The maximum atomic E-state index is 12.3. The minimum atomic E-state index is -0.366. The lowest BCUT2D eigenvalue weighted by Gasteiger charge is -2.34. The zero-order valence-corrected chi connectivity index (χ0v) is 20.4. The van der Waals surface area contributed by atoms with E-state index in [-0.39, 0.29) is 30.0 Å². The number of rotatable bonds is 7. The predicted molar refractivity (Wildman–Crippen MR) is 130 cm³/mol. The second-order valence-corrected chi connectivity index (χ2v) is 9.39. The molecule has 0 aliphatic carbocycles. The molecule has 1 aromatic heterocycles. The molecule has 2 atom stereocenters. The number of nitrogens with zero attached hydrogens (tertiary/aromatic N) is 5. The van der Waals surface area contributed by atoms with Gasteiger partial charge in [0.05, 0.1) is 12.1 Å². The van der Waals surface area contributed by atoms with Crippen molar-refractivity contribution >= 4 is 23.8 Å². The molecule has 2 aliphatic rings. The zero-order chi connectivity index (χ0) is 24.2. The number of hydrogen-bond donors (Lipinski definition) is 1. The highest BCUT2D eigenvalue weighted by atomic mass is 16.6. The maximum absolute atomic E-state index is 12.3. The summed E-state index contributed by atoms with van der Waals surface area (Å²) in [6.45, 7) is 12.5. The van der Waals surface area contributed by atoms with Crippen LogP contribution in [0.5, 0.6) is 0 Å². The Labute approximate surface area is 201 Å². The molecule has 1 unspecified atom stereocenters. The molecule has 1 N–H and O–H groups in total. The molecule has 0 saturated carbocycles. The standard InChI is InChI=1S/C25H34N6O3/c1-17(2)22-16-34-25(33)31(22)23-9-10-26-24(28-23)27-18(3)21-7-5-20(6-8-21)15-29-11-13-30(14-12-29)19(4)32/h5-10,17-18,22H,11-16H2,1-4H3,(H,26,27,28)/t18?,22-/m1/s1. The molecule has 9 heteroatoms. The number of cyclic esters (lactones) is 1. The van der Waals surface area contributed by atoms with Crippen molar-refractivity contribution in [2.45, 2.75) is 46.3 Å². The van der Waals surface area contributed by atoms with Gasteiger partial charge in [0.15, 0.2) is 0 Å². The number of anilines is 2. The van der Waals surface area contributed by atoms with E-state index >= 15 is 0 Å². The van der Waals surface area contributed by atoms with Crippen molar-refractivity contribution in [1.82, 2.24) is 19.8 Å². The molecule has 2 fully saturated rings. The van der Waals surface area contributed by atoms with Crippen molar-refractivity contribution in [1.29, 1.82) is 0 Å². The molecule has 3 heterocycles. The minimum absolute atomic E-state index is 0.00478. The van der Waals surface area contributed by atoms with Crippen molar-refractivity contribution in [3.05, 3.63) is 47.7 Å². The van der Waals surface area contributed by atoms with Gasteiger partial charge in [0.2, 0.25) is 11.9 Å². The molecule has 34 heavy (non-hydrogen) atoms. The van der Waals surface area contributed by atoms with Gasteiger partial charge in [0, 0.05) is 45.8 Å². The van der Waals surface area contributed by atoms with E-state index in [1.807, 2.05) is 4.90 Å². The van der Waals surface area contributed by atoms with Gasteiger partial charge in [0.1, 0.15) is 12.4 Å². The largest absolute Gasteiger partial charge is 0.447 e. The number of aromatic nitrogens is 2. The lowest BCUT2D eigenvalue weighted by molar-refractivity contribution is -0.130. The number of amides is 2. The third-order valence-electron chi connectivity index (χ3n) is 6.61. The van der Waals surface area contributed by atoms with E-state index in [4.69, 9.17) is 4.74 Å². The summed E-state index contributed by atoms with van der Waals surface area (Å²) < 4.78 is 5.25. The maximum Gasteiger partial charge on any atom is 0.415 e. The molecule has 0 radical (unpaired) electrons. The Bertz CT molecular complexity index is 1000. The first-order valence-corrected chi connectivity index (χ1v) is 11.9. The second kappa shape index (κ2) is 10.4. The van der Waals surface area contributed by atoms with E-state index in [0.29, 0.717) is 18.4 Å². The summed E-state index contributed by atoms with van der Waals surface area (Å²) in [5.74, 6) is 1.43. The number of ether oxygens (including phenoxy) is 1. The van der Waals surface area contributed by atoms with E-state index < -0.39 is 0 Å². The van der Waals surface area contributed by atoms with Gasteiger partial charge in [-0.1, -0.05) is 38.1 Å². The van der Waals surface area contributed by atoms with Gasteiger partial charge >= 0.3 is 6.09 Å². The van der Waals surface area contributed by atoms with Crippen LogP contribution in [0.3, 0.4) is 0 Å². The van der Waals surface area contributed by atoms with Crippen molar-refractivity contribution in [3.8, 4) is 0 Å². The Morgan fingerprint density at radius 3 is 2.47 bits per heavy atom. The molecular weight excluding hydrogens is 432 g/mol. The Kier molecular flexibility index (Phi) is 7.31. The molecular formula is C25H34N6O3. The predicted octanol–water partition coefficient (Wildman–Crippen LogP) is 3.30. The summed E-state index contributed by atoms with van der Waals surface area (Å²) in [6, 6.07) is 10.2. The highest BCUT2D eigenvalue weighted by Crippen LogP contribution is 2.27. The average Bonchev–Trinajstić information content (AvgIpc) is 3.22. The fourth-order valence-corrected chi connectivity index (χ4v) is 4.41. The monoisotopic (exact) mass is 466 g/mol. The Balaban J connectivity index is 1.36. The summed E-state index contributed by atoms with van der Waals surface area (Å²) in [7, 11) is 0. The third-order valence-corrected chi connectivity index (χ3v) is 6.61. The van der Waals surface area contributed by atoms with E-state index in [1.54, 1.807) is 24.1 Å². The SMILES string of the molecule is CC(=O)N1CCN(Cc2ccc(C(C)Nc3nccc(N4C(=O)OC[C@@H]4C(C)C)n3)cc2)CC1. The van der Waals surface area contributed by atoms with Crippen LogP contribution in [0.1, 0.15) is 44.9 Å². The molecule has 2 aliphatic heterocycles. The summed E-state index contributed by atoms with van der Waals surface area (Å²) in [4.78, 5) is 38.6. The van der Waals surface area contributed by atoms with Crippen molar-refractivity contribution < 1.29 is 14.3 Å². The summed E-state index contributed by atoms with van der Waals surface area (Å²) >= 11 is 0. The number of carbonyl (C=O) groups is 2. The highest BCUT2D eigenvalue weighted by molar-refractivity contribution is 5.89. The molecule has 9 nitrogen and oxygen atoms in total. The van der Waals surface area contributed by atoms with Crippen LogP contribution in [0.2, 0.25) is 0 Å². The normalized spacial score (nSPS) is 19.9. The van der Waals surface area contributed by atoms with Crippen LogP contribution in [0.15, 0.2) is 36.5 Å². The van der Waals surface area contributed by atoms with Crippen LogP contribution < -0.4 is 10.2 Å². The van der Waals surface area contributed by atoms with E-state index in [2.05, 4.69) is 65.2 Å². The molecule has 2 saturated heterocycles. The first-order chi connectivity index (χ1) is 16.3. The molecule has 2 amide bonds. The number of benzene rings is 1. The zero-order valence-electron chi connectivity index (χ0n) is 20.4. The third kappa shape index (κ3) is 5.47. The van der Waals surface area contributed by atoms with Crippen molar-refractivity contribution in [2.75, 3.05) is 43.0 Å². The summed E-state index contributed by atoms with van der Waals surface area (Å²) in [5, 5.41) is 3.35. The number of nitrogens with one attached hydrogen (secondary N) is 1. The van der Waals surface area contributed by atoms with Crippen LogP contribution in [-0.2, 0) is 16.1 Å². The van der Waals surface area contributed by atoms with Gasteiger partial charge in [-0.2, -0.15) is 4.98 Å². The number of hydrogen-bond acceptors (Lipinski definition) is 7. The van der Waals surface area contributed by atoms with Gasteiger partial charge in [-0.3, -0.25) is 14.6 Å². The summed E-state index contributed by atoms with van der Waals surface area (Å²) in [5.41, 5.74) is 2.37.